The Morgan fingerprint density at radius 3 is 2.56 bits per heavy atom. The summed E-state index contributed by atoms with van der Waals surface area (Å²) >= 11 is 0. The molecule has 2 aromatic heterocycles. The number of likely N-dealkylation sites (N-methyl/N-ethyl adjacent to an activating group) is 1. The molecule has 0 radical (unpaired) electrons. The van der Waals surface area contributed by atoms with Crippen LogP contribution in [0.3, 0.4) is 0 Å². The van der Waals surface area contributed by atoms with Crippen LogP contribution in [0.25, 0.3) is 5.69 Å². The number of nitrogens with one attached hydrogen (secondary N) is 1. The molecular weight excluding hydrogens is 340 g/mol. The van der Waals surface area contributed by atoms with Crippen LogP contribution >= 0.6 is 0 Å². The standard InChI is InChI=1S/C19H20N8/c1-25-5-7-26(8-6-25)16-3-2-4-17(9-16)27-13-19(23-14-27)24-18-12-21-15(10-20)11-22-18/h2-4,9,11-14H,5-8H2,1H3,(H,22,24). The van der Waals surface area contributed by atoms with E-state index < -0.39 is 0 Å². The number of piperazine rings is 1. The minimum absolute atomic E-state index is 0.284. The molecule has 0 saturated carbocycles. The molecule has 0 aliphatic carbocycles. The Bertz CT molecular complexity index is 948. The van der Waals surface area contributed by atoms with Crippen LogP contribution in [-0.2, 0) is 0 Å². The molecule has 0 atom stereocenters. The Kier molecular flexibility index (Phi) is 4.68. The normalized spacial score (nSPS) is 14.7. The molecule has 4 rings (SSSR count). The monoisotopic (exact) mass is 360 g/mol. The summed E-state index contributed by atoms with van der Waals surface area (Å²) in [5.74, 6) is 1.21. The SMILES string of the molecule is CN1CCN(c2cccc(-n3cnc(Nc4cnc(C#N)cn4)c3)c2)CC1. The first kappa shape index (κ1) is 17.0. The predicted octanol–water partition coefficient (Wildman–Crippen LogP) is 2.03. The van der Waals surface area contributed by atoms with E-state index in [0.29, 0.717) is 11.6 Å². The Morgan fingerprint density at radius 1 is 1.00 bits per heavy atom. The maximum absolute atomic E-state index is 8.78. The van der Waals surface area contributed by atoms with Crippen LogP contribution < -0.4 is 10.2 Å². The van der Waals surface area contributed by atoms with Crippen molar-refractivity contribution in [2.45, 2.75) is 0 Å². The Balaban J connectivity index is 1.49. The molecule has 1 aromatic carbocycles. The zero-order valence-corrected chi connectivity index (χ0v) is 15.1. The lowest BCUT2D eigenvalue weighted by atomic mass is 10.2. The van der Waals surface area contributed by atoms with Crippen LogP contribution in [0.4, 0.5) is 17.3 Å². The molecule has 8 nitrogen and oxygen atoms in total. The van der Waals surface area contributed by atoms with Crippen LogP contribution in [0.15, 0.2) is 49.2 Å². The highest BCUT2D eigenvalue weighted by atomic mass is 15.2. The van der Waals surface area contributed by atoms with E-state index in [1.807, 2.05) is 16.8 Å². The second-order valence-corrected chi connectivity index (χ2v) is 6.50. The number of anilines is 3. The molecule has 0 unspecified atom stereocenters. The summed E-state index contributed by atoms with van der Waals surface area (Å²) in [6, 6.07) is 10.4. The molecule has 8 heteroatoms. The van der Waals surface area contributed by atoms with Crippen LogP contribution in [-0.4, -0.2) is 57.6 Å². The number of benzene rings is 1. The van der Waals surface area contributed by atoms with Gasteiger partial charge in [-0.15, -0.1) is 0 Å². The molecule has 0 spiro atoms. The number of imidazole rings is 1. The number of hydrogen-bond acceptors (Lipinski definition) is 7. The van der Waals surface area contributed by atoms with Crippen molar-refractivity contribution in [1.29, 1.82) is 5.26 Å². The molecule has 3 heterocycles. The Hall–Kier alpha value is -3.44. The fourth-order valence-electron chi connectivity index (χ4n) is 3.03. The van der Waals surface area contributed by atoms with Crippen molar-refractivity contribution in [3.05, 3.63) is 54.9 Å². The topological polar surface area (TPSA) is 85.9 Å². The minimum Gasteiger partial charge on any atom is -0.369 e. The maximum atomic E-state index is 8.78. The molecule has 0 amide bonds. The van der Waals surface area contributed by atoms with E-state index in [1.165, 1.54) is 18.1 Å². The number of rotatable bonds is 4. The summed E-state index contributed by atoms with van der Waals surface area (Å²) in [5.41, 5.74) is 2.56. The summed E-state index contributed by atoms with van der Waals surface area (Å²) in [4.78, 5) is 17.3. The van der Waals surface area contributed by atoms with E-state index in [4.69, 9.17) is 5.26 Å². The molecule has 136 valence electrons. The van der Waals surface area contributed by atoms with Gasteiger partial charge in [0.05, 0.1) is 18.6 Å². The van der Waals surface area contributed by atoms with E-state index in [9.17, 15) is 0 Å². The second kappa shape index (κ2) is 7.43. The lowest BCUT2D eigenvalue weighted by Crippen LogP contribution is -2.44. The summed E-state index contributed by atoms with van der Waals surface area (Å²) in [6.07, 6.45) is 6.62. The van der Waals surface area contributed by atoms with Crippen molar-refractivity contribution in [2.75, 3.05) is 43.4 Å². The van der Waals surface area contributed by atoms with Crippen molar-refractivity contribution < 1.29 is 0 Å². The van der Waals surface area contributed by atoms with Crippen molar-refractivity contribution in [1.82, 2.24) is 24.4 Å². The predicted molar refractivity (Wildman–Crippen MR) is 103 cm³/mol. The molecule has 1 aliphatic rings. The van der Waals surface area contributed by atoms with Crippen LogP contribution in [0.1, 0.15) is 5.69 Å². The molecule has 1 N–H and O–H groups in total. The van der Waals surface area contributed by atoms with E-state index >= 15 is 0 Å². The van der Waals surface area contributed by atoms with Gasteiger partial charge in [-0.1, -0.05) is 6.07 Å². The summed E-state index contributed by atoms with van der Waals surface area (Å²) in [5, 5.41) is 11.9. The van der Waals surface area contributed by atoms with E-state index in [0.717, 1.165) is 31.9 Å². The number of aromatic nitrogens is 4. The van der Waals surface area contributed by atoms with E-state index in [-0.39, 0.29) is 5.69 Å². The van der Waals surface area contributed by atoms with E-state index in [1.54, 1.807) is 6.33 Å². The Labute approximate surface area is 157 Å². The van der Waals surface area contributed by atoms with Gasteiger partial charge in [0, 0.05) is 37.6 Å². The van der Waals surface area contributed by atoms with Gasteiger partial charge in [0.25, 0.3) is 0 Å². The summed E-state index contributed by atoms with van der Waals surface area (Å²) in [6.45, 7) is 4.23. The van der Waals surface area contributed by atoms with Gasteiger partial charge < -0.3 is 19.7 Å². The first-order valence-electron chi connectivity index (χ1n) is 8.78. The van der Waals surface area contributed by atoms with Gasteiger partial charge in [0.2, 0.25) is 0 Å². The number of hydrogen-bond donors (Lipinski definition) is 1. The molecule has 1 aliphatic heterocycles. The summed E-state index contributed by atoms with van der Waals surface area (Å²) < 4.78 is 1.97. The largest absolute Gasteiger partial charge is 0.369 e. The van der Waals surface area contributed by atoms with Gasteiger partial charge in [-0.3, -0.25) is 0 Å². The molecule has 27 heavy (non-hydrogen) atoms. The highest BCUT2D eigenvalue weighted by Gasteiger charge is 2.14. The first-order valence-corrected chi connectivity index (χ1v) is 8.78. The van der Waals surface area contributed by atoms with Crippen molar-refractivity contribution in [3.63, 3.8) is 0 Å². The lowest BCUT2D eigenvalue weighted by molar-refractivity contribution is 0.313. The van der Waals surface area contributed by atoms with Crippen LogP contribution in [0.2, 0.25) is 0 Å². The third kappa shape index (κ3) is 3.88. The number of nitriles is 1. The highest BCUT2D eigenvalue weighted by molar-refractivity contribution is 5.55. The molecule has 1 saturated heterocycles. The first-order chi connectivity index (χ1) is 13.2. The third-order valence-corrected chi connectivity index (χ3v) is 4.60. The molecule has 1 fully saturated rings. The highest BCUT2D eigenvalue weighted by Crippen LogP contribution is 2.21. The minimum atomic E-state index is 0.284. The van der Waals surface area contributed by atoms with Crippen LogP contribution in [0, 0.1) is 11.3 Å². The Morgan fingerprint density at radius 2 is 1.81 bits per heavy atom. The zero-order chi connectivity index (χ0) is 18.6. The van der Waals surface area contributed by atoms with Gasteiger partial charge in [-0.05, 0) is 25.2 Å². The summed E-state index contributed by atoms with van der Waals surface area (Å²) in [7, 11) is 2.16. The van der Waals surface area contributed by atoms with Gasteiger partial charge in [0.1, 0.15) is 24.0 Å². The molecular formula is C19H20N8. The van der Waals surface area contributed by atoms with Crippen LogP contribution in [0.5, 0.6) is 0 Å². The third-order valence-electron chi connectivity index (χ3n) is 4.60. The number of nitrogens with zero attached hydrogens (tertiary/aromatic N) is 7. The molecule has 0 bridgehead atoms. The van der Waals surface area contributed by atoms with Gasteiger partial charge in [-0.25, -0.2) is 15.0 Å². The fourth-order valence-corrected chi connectivity index (χ4v) is 3.03. The van der Waals surface area contributed by atoms with Gasteiger partial charge >= 0.3 is 0 Å². The second-order valence-electron chi connectivity index (χ2n) is 6.50. The van der Waals surface area contributed by atoms with Crippen molar-refractivity contribution in [2.24, 2.45) is 0 Å². The van der Waals surface area contributed by atoms with Crippen molar-refractivity contribution in [3.8, 4) is 11.8 Å². The average molecular weight is 360 g/mol. The maximum Gasteiger partial charge on any atom is 0.158 e. The van der Waals surface area contributed by atoms with Gasteiger partial charge in [-0.2, -0.15) is 5.26 Å². The lowest BCUT2D eigenvalue weighted by Gasteiger charge is -2.34. The zero-order valence-electron chi connectivity index (χ0n) is 15.1. The van der Waals surface area contributed by atoms with E-state index in [2.05, 4.69) is 61.4 Å². The quantitative estimate of drug-likeness (QED) is 0.762. The fraction of sp³-hybridized carbons (Fsp3) is 0.263. The molecule has 3 aromatic rings. The van der Waals surface area contributed by atoms with Crippen molar-refractivity contribution >= 4 is 17.3 Å². The smallest absolute Gasteiger partial charge is 0.158 e. The van der Waals surface area contributed by atoms with Gasteiger partial charge in [0.15, 0.2) is 5.69 Å². The average Bonchev–Trinajstić information content (AvgIpc) is 3.18.